The van der Waals surface area contributed by atoms with Gasteiger partial charge in [0.1, 0.15) is 0 Å². The standard InChI is InChI=1S/C40H26/c1-2-13-29-25-31(24-23-27(29)11-1)30-15-9-16-32(26-30)39-35-18-5-7-20-37(35)40(38-21-8-6-19-36(38)39)34-22-10-14-28-12-3-4-17-33(28)34/h1-26H. The summed E-state index contributed by atoms with van der Waals surface area (Å²) in [5.74, 6) is 0. The lowest BCUT2D eigenvalue weighted by Gasteiger charge is -2.19. The molecule has 0 amide bonds. The van der Waals surface area contributed by atoms with Crippen molar-refractivity contribution in [1.82, 2.24) is 0 Å². The Morgan fingerprint density at radius 1 is 0.250 bits per heavy atom. The maximum absolute atomic E-state index is 2.36. The Kier molecular flexibility index (Phi) is 5.24. The van der Waals surface area contributed by atoms with Crippen LogP contribution in [0.15, 0.2) is 158 Å². The van der Waals surface area contributed by atoms with Crippen molar-refractivity contribution in [3.8, 4) is 33.4 Å². The molecule has 0 heteroatoms. The summed E-state index contributed by atoms with van der Waals surface area (Å²) in [7, 11) is 0. The first kappa shape index (κ1) is 22.8. The van der Waals surface area contributed by atoms with Gasteiger partial charge >= 0.3 is 0 Å². The van der Waals surface area contributed by atoms with Crippen molar-refractivity contribution in [1.29, 1.82) is 0 Å². The average Bonchev–Trinajstić information content (AvgIpc) is 3.03. The molecule has 0 unspecified atom stereocenters. The van der Waals surface area contributed by atoms with E-state index in [1.165, 1.54) is 76.5 Å². The Morgan fingerprint density at radius 3 is 1.48 bits per heavy atom. The molecule has 0 spiro atoms. The molecule has 8 aromatic rings. The summed E-state index contributed by atoms with van der Waals surface area (Å²) in [5.41, 5.74) is 7.58. The van der Waals surface area contributed by atoms with Crippen molar-refractivity contribution in [3.05, 3.63) is 158 Å². The fourth-order valence-electron chi connectivity index (χ4n) is 6.40. The third kappa shape index (κ3) is 3.61. The molecule has 0 saturated carbocycles. The maximum atomic E-state index is 2.36. The monoisotopic (exact) mass is 506 g/mol. The average molecular weight is 507 g/mol. The van der Waals surface area contributed by atoms with Gasteiger partial charge in [-0.25, -0.2) is 0 Å². The van der Waals surface area contributed by atoms with E-state index in [9.17, 15) is 0 Å². The van der Waals surface area contributed by atoms with Crippen LogP contribution in [-0.2, 0) is 0 Å². The lowest BCUT2D eigenvalue weighted by molar-refractivity contribution is 1.63. The fourth-order valence-corrected chi connectivity index (χ4v) is 6.40. The van der Waals surface area contributed by atoms with E-state index in [-0.39, 0.29) is 0 Å². The molecule has 0 heterocycles. The molecule has 186 valence electrons. The zero-order valence-electron chi connectivity index (χ0n) is 22.0. The lowest BCUT2D eigenvalue weighted by atomic mass is 9.84. The van der Waals surface area contributed by atoms with E-state index < -0.39 is 0 Å². The van der Waals surface area contributed by atoms with Crippen LogP contribution in [0.3, 0.4) is 0 Å². The number of fused-ring (bicyclic) bond motifs is 4. The van der Waals surface area contributed by atoms with Gasteiger partial charge in [0.15, 0.2) is 0 Å². The molecule has 0 aliphatic rings. The minimum atomic E-state index is 1.23. The number of rotatable bonds is 3. The van der Waals surface area contributed by atoms with Crippen molar-refractivity contribution < 1.29 is 0 Å². The highest BCUT2D eigenvalue weighted by Crippen LogP contribution is 2.45. The molecule has 0 fully saturated rings. The molecule has 0 N–H and O–H groups in total. The first-order valence-electron chi connectivity index (χ1n) is 13.9. The van der Waals surface area contributed by atoms with Crippen LogP contribution in [0.1, 0.15) is 0 Å². The summed E-state index contributed by atoms with van der Waals surface area (Å²) in [6, 6.07) is 57.6. The summed E-state index contributed by atoms with van der Waals surface area (Å²) >= 11 is 0. The molecule has 0 saturated heterocycles. The molecule has 0 radical (unpaired) electrons. The predicted molar refractivity (Wildman–Crippen MR) is 173 cm³/mol. The fraction of sp³-hybridized carbons (Fsp3) is 0. The first-order valence-corrected chi connectivity index (χ1v) is 13.9. The van der Waals surface area contributed by atoms with Gasteiger partial charge in [-0.05, 0) is 88.6 Å². The zero-order chi connectivity index (χ0) is 26.5. The Bertz CT molecular complexity index is 2150. The topological polar surface area (TPSA) is 0 Å². The van der Waals surface area contributed by atoms with Gasteiger partial charge in [-0.15, -0.1) is 0 Å². The summed E-state index contributed by atoms with van der Waals surface area (Å²) in [6.07, 6.45) is 0. The van der Waals surface area contributed by atoms with Gasteiger partial charge in [-0.1, -0.05) is 146 Å². The molecular formula is C40H26. The van der Waals surface area contributed by atoms with E-state index in [1.54, 1.807) is 0 Å². The molecule has 0 aliphatic carbocycles. The summed E-state index contributed by atoms with van der Waals surface area (Å²) in [4.78, 5) is 0. The van der Waals surface area contributed by atoms with E-state index in [2.05, 4.69) is 158 Å². The quantitative estimate of drug-likeness (QED) is 0.209. The second-order valence-corrected chi connectivity index (χ2v) is 10.5. The second kappa shape index (κ2) is 9.22. The highest BCUT2D eigenvalue weighted by Gasteiger charge is 2.18. The summed E-state index contributed by atoms with van der Waals surface area (Å²) in [6.45, 7) is 0. The Morgan fingerprint density at radius 2 is 0.750 bits per heavy atom. The van der Waals surface area contributed by atoms with Crippen LogP contribution < -0.4 is 0 Å². The minimum Gasteiger partial charge on any atom is -0.0616 e. The molecule has 0 aliphatic heterocycles. The predicted octanol–water partition coefficient (Wildman–Crippen LogP) is 11.3. The van der Waals surface area contributed by atoms with Crippen LogP contribution in [0.2, 0.25) is 0 Å². The minimum absolute atomic E-state index is 1.23. The molecule has 0 bridgehead atoms. The van der Waals surface area contributed by atoms with Crippen molar-refractivity contribution in [3.63, 3.8) is 0 Å². The van der Waals surface area contributed by atoms with Crippen LogP contribution in [-0.4, -0.2) is 0 Å². The van der Waals surface area contributed by atoms with Crippen molar-refractivity contribution in [2.24, 2.45) is 0 Å². The van der Waals surface area contributed by atoms with Gasteiger partial charge in [0.05, 0.1) is 0 Å². The normalized spacial score (nSPS) is 11.5. The smallest absolute Gasteiger partial charge is 0.00201 e. The Labute approximate surface area is 233 Å². The van der Waals surface area contributed by atoms with E-state index in [1.807, 2.05) is 0 Å². The van der Waals surface area contributed by atoms with E-state index in [0.29, 0.717) is 0 Å². The molecule has 0 aromatic heterocycles. The number of hydrogen-bond acceptors (Lipinski definition) is 0. The van der Waals surface area contributed by atoms with Crippen molar-refractivity contribution >= 4 is 43.1 Å². The van der Waals surface area contributed by atoms with Gasteiger partial charge in [0, 0.05) is 0 Å². The molecule has 0 atom stereocenters. The van der Waals surface area contributed by atoms with Crippen LogP contribution in [0.4, 0.5) is 0 Å². The van der Waals surface area contributed by atoms with Crippen LogP contribution in [0.5, 0.6) is 0 Å². The number of benzene rings is 8. The first-order chi connectivity index (χ1) is 19.8. The van der Waals surface area contributed by atoms with Gasteiger partial charge in [-0.3, -0.25) is 0 Å². The Balaban J connectivity index is 1.42. The zero-order valence-corrected chi connectivity index (χ0v) is 22.0. The van der Waals surface area contributed by atoms with E-state index in [4.69, 9.17) is 0 Å². The molecule has 40 heavy (non-hydrogen) atoms. The van der Waals surface area contributed by atoms with Gasteiger partial charge in [0.25, 0.3) is 0 Å². The second-order valence-electron chi connectivity index (χ2n) is 10.5. The van der Waals surface area contributed by atoms with Crippen LogP contribution >= 0.6 is 0 Å². The van der Waals surface area contributed by atoms with Crippen molar-refractivity contribution in [2.45, 2.75) is 0 Å². The van der Waals surface area contributed by atoms with E-state index >= 15 is 0 Å². The summed E-state index contributed by atoms with van der Waals surface area (Å²) in [5, 5.41) is 10.2. The van der Waals surface area contributed by atoms with Crippen LogP contribution in [0, 0.1) is 0 Å². The van der Waals surface area contributed by atoms with Gasteiger partial charge in [-0.2, -0.15) is 0 Å². The van der Waals surface area contributed by atoms with Gasteiger partial charge < -0.3 is 0 Å². The molecule has 8 rings (SSSR count). The van der Waals surface area contributed by atoms with Crippen LogP contribution in [0.25, 0.3) is 76.5 Å². The largest absolute Gasteiger partial charge is 0.0616 e. The molecule has 0 nitrogen and oxygen atoms in total. The molecule has 8 aromatic carbocycles. The highest BCUT2D eigenvalue weighted by molar-refractivity contribution is 6.23. The van der Waals surface area contributed by atoms with E-state index in [0.717, 1.165) is 0 Å². The van der Waals surface area contributed by atoms with Crippen molar-refractivity contribution in [2.75, 3.05) is 0 Å². The third-order valence-corrected chi connectivity index (χ3v) is 8.22. The maximum Gasteiger partial charge on any atom is -0.00201 e. The highest BCUT2D eigenvalue weighted by atomic mass is 14.2. The summed E-state index contributed by atoms with van der Waals surface area (Å²) < 4.78 is 0. The lowest BCUT2D eigenvalue weighted by Crippen LogP contribution is -1.92. The molecular weight excluding hydrogens is 480 g/mol. The Hall–Kier alpha value is -5.20. The number of hydrogen-bond donors (Lipinski definition) is 0. The van der Waals surface area contributed by atoms with Gasteiger partial charge in [0.2, 0.25) is 0 Å². The SMILES string of the molecule is c1cc(-c2ccc3ccccc3c2)cc(-c2c3ccccc3c(-c3cccc4ccccc34)c3ccccc23)c1. The third-order valence-electron chi connectivity index (χ3n) is 8.22.